The van der Waals surface area contributed by atoms with Crippen LogP contribution in [0.5, 0.6) is 11.5 Å². The van der Waals surface area contributed by atoms with Gasteiger partial charge in [0.05, 0.1) is 43.5 Å². The lowest BCUT2D eigenvalue weighted by molar-refractivity contribution is -0.119. The molecule has 2 aromatic carbocycles. The van der Waals surface area contributed by atoms with Gasteiger partial charge in [-0.15, -0.1) is 11.3 Å². The highest BCUT2D eigenvalue weighted by Crippen LogP contribution is 2.45. The highest BCUT2D eigenvalue weighted by Gasteiger charge is 2.44. The van der Waals surface area contributed by atoms with Crippen LogP contribution in [-0.2, 0) is 9.53 Å². The number of halogens is 1. The first-order chi connectivity index (χ1) is 16.5. The number of methoxy groups -OCH3 is 3. The summed E-state index contributed by atoms with van der Waals surface area (Å²) in [6, 6.07) is 13.8. The minimum Gasteiger partial charge on any atom is -0.495 e. The van der Waals surface area contributed by atoms with E-state index in [0.29, 0.717) is 46.5 Å². The topological polar surface area (TPSA) is 77.1 Å². The lowest BCUT2D eigenvalue weighted by Crippen LogP contribution is -2.47. The summed E-state index contributed by atoms with van der Waals surface area (Å²) in [5.41, 5.74) is 1.60. The van der Waals surface area contributed by atoms with Gasteiger partial charge in [-0.2, -0.15) is 0 Å². The molecule has 2 atom stereocenters. The maximum Gasteiger partial charge on any atom is 0.254 e. The van der Waals surface area contributed by atoms with E-state index in [1.165, 1.54) is 25.6 Å². The molecule has 0 bridgehead atoms. The van der Waals surface area contributed by atoms with Crippen molar-refractivity contribution in [3.8, 4) is 11.5 Å². The Morgan fingerprint density at radius 1 is 1.09 bits per heavy atom. The molecule has 0 fully saturated rings. The molecule has 1 aliphatic heterocycles. The van der Waals surface area contributed by atoms with Crippen molar-refractivity contribution in [1.29, 1.82) is 0 Å². The zero-order valence-corrected chi connectivity index (χ0v) is 20.6. The molecule has 4 rings (SSSR count). The van der Waals surface area contributed by atoms with Crippen molar-refractivity contribution in [2.45, 2.75) is 12.0 Å². The lowest BCUT2D eigenvalue weighted by Gasteiger charge is -2.41. The summed E-state index contributed by atoms with van der Waals surface area (Å²) in [6.45, 7) is 0.708. The fourth-order valence-corrected chi connectivity index (χ4v) is 5.37. The normalized spacial score (nSPS) is 17.3. The molecule has 34 heavy (non-hydrogen) atoms. The maximum atomic E-state index is 13.9. The van der Waals surface area contributed by atoms with Crippen molar-refractivity contribution < 1.29 is 23.8 Å². The van der Waals surface area contributed by atoms with Crippen LogP contribution in [0.15, 0.2) is 53.9 Å². The highest BCUT2D eigenvalue weighted by molar-refractivity contribution is 7.10. The first kappa shape index (κ1) is 24.1. The quantitative estimate of drug-likeness (QED) is 0.472. The molecular formula is C25H25ClN2O5S. The van der Waals surface area contributed by atoms with Crippen molar-refractivity contribution in [3.05, 3.63) is 74.9 Å². The Bertz CT molecular complexity index is 1180. The first-order valence-corrected chi connectivity index (χ1v) is 11.9. The molecule has 0 saturated heterocycles. The number of rotatable bonds is 8. The monoisotopic (exact) mass is 500 g/mol. The Hall–Kier alpha value is -3.07. The van der Waals surface area contributed by atoms with Gasteiger partial charge in [-0.25, -0.2) is 0 Å². The first-order valence-electron chi connectivity index (χ1n) is 10.6. The third-order valence-electron chi connectivity index (χ3n) is 5.82. The maximum absolute atomic E-state index is 13.9. The summed E-state index contributed by atoms with van der Waals surface area (Å²) in [4.78, 5) is 30.0. The van der Waals surface area contributed by atoms with E-state index in [-0.39, 0.29) is 11.8 Å². The second kappa shape index (κ2) is 10.5. The van der Waals surface area contributed by atoms with Gasteiger partial charge in [0.15, 0.2) is 0 Å². The van der Waals surface area contributed by atoms with Gasteiger partial charge in [0.1, 0.15) is 11.5 Å². The molecule has 7 nitrogen and oxygen atoms in total. The summed E-state index contributed by atoms with van der Waals surface area (Å²) < 4.78 is 16.0. The number of benzene rings is 2. The number of ether oxygens (including phenoxy) is 3. The van der Waals surface area contributed by atoms with E-state index in [1.54, 1.807) is 36.3 Å². The number of nitrogens with zero attached hydrogens (tertiary/aromatic N) is 1. The lowest BCUT2D eigenvalue weighted by atomic mass is 9.81. The third-order valence-corrected chi connectivity index (χ3v) is 7.06. The van der Waals surface area contributed by atoms with E-state index < -0.39 is 12.0 Å². The Kier molecular flexibility index (Phi) is 7.41. The van der Waals surface area contributed by atoms with Gasteiger partial charge < -0.3 is 24.4 Å². The van der Waals surface area contributed by atoms with Crippen molar-refractivity contribution in [3.63, 3.8) is 0 Å². The number of thiophene rings is 1. The molecule has 1 aliphatic rings. The smallest absolute Gasteiger partial charge is 0.254 e. The van der Waals surface area contributed by atoms with Gasteiger partial charge in [0.25, 0.3) is 5.91 Å². The third kappa shape index (κ3) is 4.49. The van der Waals surface area contributed by atoms with Crippen molar-refractivity contribution in [2.75, 3.05) is 39.8 Å². The van der Waals surface area contributed by atoms with Crippen LogP contribution >= 0.6 is 22.9 Å². The fourth-order valence-electron chi connectivity index (χ4n) is 4.25. The number of carbonyl (C=O) groups is 2. The molecule has 2 heterocycles. The molecule has 0 unspecified atom stereocenters. The average molecular weight is 501 g/mol. The van der Waals surface area contributed by atoms with Gasteiger partial charge in [-0.1, -0.05) is 35.9 Å². The number of fused-ring (bicyclic) bond motifs is 1. The van der Waals surface area contributed by atoms with E-state index in [1.807, 2.05) is 29.6 Å². The zero-order chi connectivity index (χ0) is 24.2. The second-order valence-electron chi connectivity index (χ2n) is 7.69. The molecule has 0 saturated carbocycles. The van der Waals surface area contributed by atoms with Gasteiger partial charge >= 0.3 is 0 Å². The van der Waals surface area contributed by atoms with Crippen LogP contribution in [0.2, 0.25) is 5.02 Å². The number of nitrogens with one attached hydrogen (secondary N) is 1. The Morgan fingerprint density at radius 2 is 1.85 bits per heavy atom. The van der Waals surface area contributed by atoms with Crippen LogP contribution in [0, 0.1) is 0 Å². The summed E-state index contributed by atoms with van der Waals surface area (Å²) in [6.07, 6.45) is 0. The van der Waals surface area contributed by atoms with Crippen LogP contribution in [0.1, 0.15) is 32.8 Å². The minimum absolute atomic E-state index is 0.125. The van der Waals surface area contributed by atoms with Crippen LogP contribution in [0.3, 0.4) is 0 Å². The number of carbonyl (C=O) groups excluding carboxylic acids is 2. The molecular weight excluding hydrogens is 476 g/mol. The molecule has 1 aromatic heterocycles. The van der Waals surface area contributed by atoms with Crippen molar-refractivity contribution in [1.82, 2.24) is 4.90 Å². The van der Waals surface area contributed by atoms with E-state index >= 15 is 0 Å². The fraction of sp³-hybridized carbons (Fsp3) is 0.280. The largest absolute Gasteiger partial charge is 0.495 e. The van der Waals surface area contributed by atoms with Gasteiger partial charge in [0, 0.05) is 30.2 Å². The molecule has 178 valence electrons. The number of anilines is 1. The Balaban J connectivity index is 1.80. The van der Waals surface area contributed by atoms with Crippen molar-refractivity contribution in [2.24, 2.45) is 0 Å². The molecule has 3 aromatic rings. The van der Waals surface area contributed by atoms with E-state index in [4.69, 9.17) is 25.8 Å². The predicted octanol–water partition coefficient (Wildman–Crippen LogP) is 4.98. The van der Waals surface area contributed by atoms with Gasteiger partial charge in [-0.3, -0.25) is 9.59 Å². The molecule has 2 amide bonds. The van der Waals surface area contributed by atoms with Gasteiger partial charge in [-0.05, 0) is 29.1 Å². The van der Waals surface area contributed by atoms with Crippen LogP contribution < -0.4 is 14.8 Å². The Labute approximate surface area is 207 Å². The summed E-state index contributed by atoms with van der Waals surface area (Å²) in [5, 5.41) is 5.26. The number of hydrogen-bond donors (Lipinski definition) is 1. The number of amides is 2. The standard InChI is InChI=1S/C25H25ClN2O5S/c1-31-11-10-28-23(21-9-6-12-34-21)22(15-7-4-5-8-16(15)25(28)30)24(29)27-18-13-17(26)19(32-2)14-20(18)33-3/h4-9,12-14,22-23H,10-11H2,1-3H3,(H,27,29)/t22-,23-/m0/s1. The zero-order valence-electron chi connectivity index (χ0n) is 19.0. The molecule has 0 aliphatic carbocycles. The molecule has 0 spiro atoms. The van der Waals surface area contributed by atoms with E-state index in [2.05, 4.69) is 5.32 Å². The molecule has 0 radical (unpaired) electrons. The van der Waals surface area contributed by atoms with Gasteiger partial charge in [0.2, 0.25) is 5.91 Å². The SMILES string of the molecule is COCCN1C(=O)c2ccccc2[C@H](C(=O)Nc2cc(Cl)c(OC)cc2OC)[C@@H]1c1cccs1. The van der Waals surface area contributed by atoms with Crippen LogP contribution in [0.4, 0.5) is 5.69 Å². The molecule has 1 N–H and O–H groups in total. The molecule has 9 heteroatoms. The average Bonchev–Trinajstić information content (AvgIpc) is 3.38. The van der Waals surface area contributed by atoms with Crippen LogP contribution in [0.25, 0.3) is 0 Å². The second-order valence-corrected chi connectivity index (χ2v) is 9.08. The summed E-state index contributed by atoms with van der Waals surface area (Å²) in [5.74, 6) is -0.207. The van der Waals surface area contributed by atoms with E-state index in [9.17, 15) is 9.59 Å². The summed E-state index contributed by atoms with van der Waals surface area (Å²) in [7, 11) is 4.61. The summed E-state index contributed by atoms with van der Waals surface area (Å²) >= 11 is 7.83. The van der Waals surface area contributed by atoms with Crippen LogP contribution in [-0.4, -0.2) is 51.2 Å². The number of hydrogen-bond acceptors (Lipinski definition) is 6. The Morgan fingerprint density at radius 3 is 2.53 bits per heavy atom. The predicted molar refractivity (Wildman–Crippen MR) is 132 cm³/mol. The van der Waals surface area contributed by atoms with E-state index in [0.717, 1.165) is 4.88 Å². The highest BCUT2D eigenvalue weighted by atomic mass is 35.5. The van der Waals surface area contributed by atoms with Crippen molar-refractivity contribution >= 4 is 40.4 Å². The minimum atomic E-state index is -0.657.